The second kappa shape index (κ2) is 2.78. The normalized spacial score (nSPS) is 16.1. The molecule has 15 heavy (non-hydrogen) atoms. The number of phenolic OH excluding ortho intramolecular Hbond substituents is 1. The van der Waals surface area contributed by atoms with E-state index in [1.54, 1.807) is 6.07 Å². The molecule has 2 aromatic rings. The summed E-state index contributed by atoms with van der Waals surface area (Å²) in [5.74, 6) is 1.09. The maximum atomic E-state index is 9.80. The van der Waals surface area contributed by atoms with E-state index in [2.05, 4.69) is 18.8 Å². The van der Waals surface area contributed by atoms with E-state index in [9.17, 15) is 5.11 Å². The first-order valence-electron chi connectivity index (χ1n) is 5.49. The Morgan fingerprint density at radius 1 is 1.27 bits per heavy atom. The van der Waals surface area contributed by atoms with E-state index in [-0.39, 0.29) is 0 Å². The largest absolute Gasteiger partial charge is 0.506 e. The van der Waals surface area contributed by atoms with E-state index in [4.69, 9.17) is 0 Å². The number of nitrogens with one attached hydrogen (secondary N) is 1. The highest BCUT2D eigenvalue weighted by Crippen LogP contribution is 2.46. The third-order valence-electron chi connectivity index (χ3n) is 3.36. The third-order valence-corrected chi connectivity index (χ3v) is 3.36. The smallest absolute Gasteiger partial charge is 0.139 e. The summed E-state index contributed by atoms with van der Waals surface area (Å²) in [5, 5.41) is 11.0. The Kier molecular flexibility index (Phi) is 1.64. The zero-order valence-electron chi connectivity index (χ0n) is 9.09. The van der Waals surface area contributed by atoms with E-state index < -0.39 is 0 Å². The fourth-order valence-electron chi connectivity index (χ4n) is 2.49. The van der Waals surface area contributed by atoms with Crippen LogP contribution in [0.4, 0.5) is 0 Å². The summed E-state index contributed by atoms with van der Waals surface area (Å²) < 4.78 is 0. The third kappa shape index (κ3) is 1.17. The van der Waals surface area contributed by atoms with Gasteiger partial charge in [-0.1, -0.05) is 6.07 Å². The van der Waals surface area contributed by atoms with Crippen LogP contribution >= 0.6 is 0 Å². The molecule has 0 unspecified atom stereocenters. The molecule has 2 nitrogen and oxygen atoms in total. The summed E-state index contributed by atoms with van der Waals surface area (Å²) in [6.45, 7) is 4.22. The number of H-pyrrole nitrogens is 1. The minimum absolute atomic E-state index is 0.366. The molecular weight excluding hydrogens is 186 g/mol. The van der Waals surface area contributed by atoms with Crippen LogP contribution in [-0.4, -0.2) is 10.1 Å². The molecule has 1 fully saturated rings. The molecule has 0 saturated heterocycles. The first kappa shape index (κ1) is 8.84. The number of aromatic hydroxyl groups is 1. The minimum atomic E-state index is 0.366. The zero-order chi connectivity index (χ0) is 10.6. The predicted molar refractivity (Wildman–Crippen MR) is 61.4 cm³/mol. The molecular formula is C13H15NO. The zero-order valence-corrected chi connectivity index (χ0v) is 9.09. The van der Waals surface area contributed by atoms with Crippen molar-refractivity contribution in [3.63, 3.8) is 0 Å². The van der Waals surface area contributed by atoms with Crippen LogP contribution < -0.4 is 0 Å². The van der Waals surface area contributed by atoms with Crippen molar-refractivity contribution in [2.45, 2.75) is 32.6 Å². The molecule has 2 heteroatoms. The topological polar surface area (TPSA) is 36.0 Å². The van der Waals surface area contributed by atoms with Crippen molar-refractivity contribution in [3.8, 4) is 5.75 Å². The number of fused-ring (bicyclic) bond motifs is 1. The van der Waals surface area contributed by atoms with Gasteiger partial charge in [0, 0.05) is 11.1 Å². The second-order valence-electron chi connectivity index (χ2n) is 4.59. The molecule has 3 rings (SSSR count). The summed E-state index contributed by atoms with van der Waals surface area (Å²) in [4.78, 5) is 3.31. The first-order valence-corrected chi connectivity index (χ1v) is 5.49. The lowest BCUT2D eigenvalue weighted by atomic mass is 10.0. The van der Waals surface area contributed by atoms with Crippen LogP contribution in [0.1, 0.15) is 35.6 Å². The Balaban J connectivity index is 2.42. The quantitative estimate of drug-likeness (QED) is 0.729. The van der Waals surface area contributed by atoms with Crippen molar-refractivity contribution in [1.29, 1.82) is 0 Å². The number of benzene rings is 1. The Bertz CT molecular complexity index is 535. The number of hydrogen-bond donors (Lipinski definition) is 2. The molecule has 0 spiro atoms. The highest BCUT2D eigenvalue weighted by Gasteiger charge is 2.29. The molecule has 1 aromatic carbocycles. The van der Waals surface area contributed by atoms with Gasteiger partial charge in [-0.05, 0) is 49.8 Å². The fourth-order valence-corrected chi connectivity index (χ4v) is 2.49. The molecule has 78 valence electrons. The van der Waals surface area contributed by atoms with Crippen LogP contribution in [0.2, 0.25) is 0 Å². The van der Waals surface area contributed by atoms with E-state index in [0.717, 1.165) is 11.4 Å². The highest BCUT2D eigenvalue weighted by molar-refractivity contribution is 5.92. The number of aromatic nitrogens is 1. The number of hydrogen-bond acceptors (Lipinski definition) is 1. The SMILES string of the molecule is Cc1[nH]c2c(O)ccc(C)c2c1C1CC1. The molecule has 0 atom stereocenters. The van der Waals surface area contributed by atoms with Crippen LogP contribution in [0.3, 0.4) is 0 Å². The van der Waals surface area contributed by atoms with Crippen LogP contribution in [-0.2, 0) is 0 Å². The summed E-state index contributed by atoms with van der Waals surface area (Å²) in [5.41, 5.74) is 4.82. The number of aryl methyl sites for hydroxylation is 2. The van der Waals surface area contributed by atoms with Gasteiger partial charge in [-0.15, -0.1) is 0 Å². The maximum absolute atomic E-state index is 9.80. The Morgan fingerprint density at radius 2 is 2.00 bits per heavy atom. The number of rotatable bonds is 1. The molecule has 1 heterocycles. The van der Waals surface area contributed by atoms with Crippen LogP contribution in [0.5, 0.6) is 5.75 Å². The van der Waals surface area contributed by atoms with Crippen molar-refractivity contribution in [1.82, 2.24) is 4.98 Å². The monoisotopic (exact) mass is 201 g/mol. The number of aromatic amines is 1. The lowest BCUT2D eigenvalue weighted by molar-refractivity contribution is 0.480. The molecule has 0 bridgehead atoms. The van der Waals surface area contributed by atoms with Gasteiger partial charge in [0.25, 0.3) is 0 Å². The average Bonchev–Trinajstić information content (AvgIpc) is 2.96. The molecule has 2 N–H and O–H groups in total. The molecule has 1 aliphatic rings. The van der Waals surface area contributed by atoms with Gasteiger partial charge in [0.05, 0.1) is 5.52 Å². The predicted octanol–water partition coefficient (Wildman–Crippen LogP) is 3.37. The lowest BCUT2D eigenvalue weighted by Crippen LogP contribution is -1.82. The first-order chi connectivity index (χ1) is 7.18. The van der Waals surface area contributed by atoms with Gasteiger partial charge >= 0.3 is 0 Å². The summed E-state index contributed by atoms with van der Waals surface area (Å²) >= 11 is 0. The average molecular weight is 201 g/mol. The van der Waals surface area contributed by atoms with Gasteiger partial charge in [-0.2, -0.15) is 0 Å². The van der Waals surface area contributed by atoms with E-state index >= 15 is 0 Å². The Labute approximate surface area is 88.9 Å². The standard InChI is InChI=1S/C13H15NO/c1-7-3-6-10(15)13-11(7)12(8(2)14-13)9-4-5-9/h3,6,9,14-15H,4-5H2,1-2H3. The van der Waals surface area contributed by atoms with Gasteiger partial charge in [-0.25, -0.2) is 0 Å². The van der Waals surface area contributed by atoms with Crippen molar-refractivity contribution in [3.05, 3.63) is 29.0 Å². The van der Waals surface area contributed by atoms with Gasteiger partial charge in [0.15, 0.2) is 0 Å². The Morgan fingerprint density at radius 3 is 2.67 bits per heavy atom. The highest BCUT2D eigenvalue weighted by atomic mass is 16.3. The molecule has 0 aliphatic heterocycles. The second-order valence-corrected chi connectivity index (χ2v) is 4.59. The van der Waals surface area contributed by atoms with Crippen molar-refractivity contribution >= 4 is 10.9 Å². The molecule has 1 saturated carbocycles. The summed E-state index contributed by atoms with van der Waals surface area (Å²) in [7, 11) is 0. The van der Waals surface area contributed by atoms with Crippen molar-refractivity contribution < 1.29 is 5.11 Å². The Hall–Kier alpha value is -1.44. The van der Waals surface area contributed by atoms with E-state index in [1.165, 1.54) is 35.0 Å². The lowest BCUT2D eigenvalue weighted by Gasteiger charge is -2.02. The van der Waals surface area contributed by atoms with Gasteiger partial charge in [0.1, 0.15) is 5.75 Å². The van der Waals surface area contributed by atoms with E-state index in [1.807, 2.05) is 6.07 Å². The maximum Gasteiger partial charge on any atom is 0.139 e. The summed E-state index contributed by atoms with van der Waals surface area (Å²) in [6, 6.07) is 3.76. The van der Waals surface area contributed by atoms with Crippen LogP contribution in [0.15, 0.2) is 12.1 Å². The van der Waals surface area contributed by atoms with E-state index in [0.29, 0.717) is 5.75 Å². The van der Waals surface area contributed by atoms with Crippen LogP contribution in [0.25, 0.3) is 10.9 Å². The van der Waals surface area contributed by atoms with Gasteiger partial charge in [0.2, 0.25) is 0 Å². The number of phenols is 1. The van der Waals surface area contributed by atoms with Crippen molar-refractivity contribution in [2.75, 3.05) is 0 Å². The van der Waals surface area contributed by atoms with Gasteiger partial charge in [-0.3, -0.25) is 0 Å². The fraction of sp³-hybridized carbons (Fsp3) is 0.385. The van der Waals surface area contributed by atoms with Crippen molar-refractivity contribution in [2.24, 2.45) is 0 Å². The molecule has 0 radical (unpaired) electrons. The molecule has 0 amide bonds. The summed E-state index contributed by atoms with van der Waals surface area (Å²) in [6.07, 6.45) is 2.59. The minimum Gasteiger partial charge on any atom is -0.506 e. The van der Waals surface area contributed by atoms with Gasteiger partial charge < -0.3 is 10.1 Å². The van der Waals surface area contributed by atoms with Crippen LogP contribution in [0, 0.1) is 13.8 Å². The molecule has 1 aromatic heterocycles. The molecule has 1 aliphatic carbocycles.